The molecule has 1 saturated heterocycles. The molecule has 0 amide bonds. The van der Waals surface area contributed by atoms with Crippen LogP contribution < -0.4 is 9.47 Å². The van der Waals surface area contributed by atoms with Gasteiger partial charge in [-0.1, -0.05) is 0 Å². The Bertz CT molecular complexity index is 892. The number of carbonyl (C=O) groups excluding carboxylic acids is 1. The lowest BCUT2D eigenvalue weighted by Gasteiger charge is -2.35. The largest absolute Gasteiger partial charge is 0.508 e. The van der Waals surface area contributed by atoms with E-state index in [1.165, 1.54) is 13.2 Å². The van der Waals surface area contributed by atoms with Gasteiger partial charge in [0.1, 0.15) is 52.6 Å². The molecule has 0 radical (unpaired) electrons. The fourth-order valence-electron chi connectivity index (χ4n) is 2.89. The number of rotatable bonds is 5. The predicted octanol–water partition coefficient (Wildman–Crippen LogP) is -0.139. The Morgan fingerprint density at radius 2 is 1.66 bits per heavy atom. The lowest BCUT2D eigenvalue weighted by atomic mass is 10.00. The summed E-state index contributed by atoms with van der Waals surface area (Å²) in [5.74, 6) is -2.20. The number of benzene rings is 2. The molecule has 0 saturated carbocycles. The van der Waals surface area contributed by atoms with Crippen LogP contribution in [0.3, 0.4) is 0 Å². The van der Waals surface area contributed by atoms with Gasteiger partial charge < -0.3 is 44.8 Å². The number of hydrogen-bond acceptors (Lipinski definition) is 10. The van der Waals surface area contributed by atoms with E-state index in [0.29, 0.717) is 0 Å². The van der Waals surface area contributed by atoms with Crippen molar-refractivity contribution in [2.45, 2.75) is 24.6 Å². The first kappa shape index (κ1) is 20.7. The summed E-state index contributed by atoms with van der Waals surface area (Å²) in [6, 6.07) is 5.60. The number of phenolic OH excluding ortho intramolecular Hbond substituents is 3. The second kappa shape index (κ2) is 8.13. The second-order valence-corrected chi connectivity index (χ2v) is 6.45. The number of aliphatic hydroxyl groups is 3. The number of ether oxygens (including phenoxy) is 3. The van der Waals surface area contributed by atoms with Gasteiger partial charge >= 0.3 is 0 Å². The summed E-state index contributed by atoms with van der Waals surface area (Å²) in [6.45, 7) is -0.331. The molecule has 10 nitrogen and oxygen atoms in total. The van der Waals surface area contributed by atoms with Crippen molar-refractivity contribution in [2.75, 3.05) is 13.7 Å². The Balaban J connectivity index is 2.02. The van der Waals surface area contributed by atoms with Gasteiger partial charge in [-0.15, -0.1) is 0 Å². The van der Waals surface area contributed by atoms with Crippen LogP contribution in [0, 0.1) is 0 Å². The molecule has 3 rings (SSSR count). The Kier molecular flexibility index (Phi) is 5.80. The molecule has 156 valence electrons. The average Bonchev–Trinajstić information content (AvgIpc) is 2.67. The van der Waals surface area contributed by atoms with E-state index in [0.717, 1.165) is 24.3 Å². The third kappa shape index (κ3) is 4.20. The molecule has 1 aliphatic heterocycles. The molecule has 0 spiro atoms. The van der Waals surface area contributed by atoms with E-state index >= 15 is 0 Å². The van der Waals surface area contributed by atoms with E-state index in [2.05, 4.69) is 0 Å². The van der Waals surface area contributed by atoms with E-state index in [1.807, 2.05) is 0 Å². The first-order chi connectivity index (χ1) is 13.7. The van der Waals surface area contributed by atoms with E-state index < -0.39 is 36.1 Å². The smallest absolute Gasteiger partial charge is 0.228 e. The van der Waals surface area contributed by atoms with Gasteiger partial charge in [-0.3, -0.25) is 4.79 Å². The quantitative estimate of drug-likeness (QED) is 0.367. The highest BCUT2D eigenvalue weighted by molar-refractivity contribution is 6.13. The number of phenols is 3. The monoisotopic (exact) mass is 408 g/mol. The maximum Gasteiger partial charge on any atom is 0.228 e. The highest BCUT2D eigenvalue weighted by Gasteiger charge is 2.39. The normalized spacial score (nSPS) is 24.1. The predicted molar refractivity (Wildman–Crippen MR) is 96.3 cm³/mol. The SMILES string of the molecule is COc1cc(O)c(C(=O)c2cc(O)cc(O)c2)c(O[C@@H]2OC[C@@H](O)[C@H](O)[C@H]2O)c1. The summed E-state index contributed by atoms with van der Waals surface area (Å²) in [4.78, 5) is 12.9. The van der Waals surface area contributed by atoms with Crippen molar-refractivity contribution >= 4 is 5.78 Å². The van der Waals surface area contributed by atoms with Crippen molar-refractivity contribution in [3.63, 3.8) is 0 Å². The number of aromatic hydroxyl groups is 3. The third-order valence-corrected chi connectivity index (χ3v) is 4.38. The van der Waals surface area contributed by atoms with Crippen LogP contribution in [0.15, 0.2) is 30.3 Å². The fraction of sp³-hybridized carbons (Fsp3) is 0.316. The number of hydrogen-bond donors (Lipinski definition) is 6. The Morgan fingerprint density at radius 3 is 2.28 bits per heavy atom. The number of ketones is 1. The number of methoxy groups -OCH3 is 1. The van der Waals surface area contributed by atoms with Crippen LogP contribution in [-0.2, 0) is 4.74 Å². The zero-order valence-electron chi connectivity index (χ0n) is 15.2. The van der Waals surface area contributed by atoms with Gasteiger partial charge in [0, 0.05) is 23.8 Å². The van der Waals surface area contributed by atoms with Crippen molar-refractivity contribution in [1.82, 2.24) is 0 Å². The van der Waals surface area contributed by atoms with E-state index in [9.17, 15) is 35.4 Å². The van der Waals surface area contributed by atoms with E-state index in [4.69, 9.17) is 14.2 Å². The van der Waals surface area contributed by atoms with Gasteiger partial charge in [-0.2, -0.15) is 0 Å². The molecule has 0 unspecified atom stereocenters. The van der Waals surface area contributed by atoms with E-state index in [1.54, 1.807) is 0 Å². The van der Waals surface area contributed by atoms with Crippen LogP contribution in [0.5, 0.6) is 28.7 Å². The molecular formula is C19H20O10. The summed E-state index contributed by atoms with van der Waals surface area (Å²) < 4.78 is 15.7. The van der Waals surface area contributed by atoms with Crippen molar-refractivity contribution < 1.29 is 49.6 Å². The molecule has 1 aliphatic rings. The van der Waals surface area contributed by atoms with Crippen LogP contribution in [0.4, 0.5) is 0 Å². The molecule has 4 atom stereocenters. The lowest BCUT2D eigenvalue weighted by Crippen LogP contribution is -2.54. The molecule has 0 bridgehead atoms. The molecule has 1 fully saturated rings. The summed E-state index contributed by atoms with van der Waals surface area (Å²) in [7, 11) is 1.32. The minimum atomic E-state index is -1.64. The molecule has 0 aliphatic carbocycles. The minimum Gasteiger partial charge on any atom is -0.508 e. The van der Waals surface area contributed by atoms with Crippen LogP contribution in [0.2, 0.25) is 0 Å². The van der Waals surface area contributed by atoms with Gasteiger partial charge in [0.15, 0.2) is 0 Å². The molecule has 1 heterocycles. The number of aliphatic hydroxyl groups excluding tert-OH is 3. The van der Waals surface area contributed by atoms with Crippen LogP contribution in [-0.4, -0.2) is 74.7 Å². The molecule has 6 N–H and O–H groups in total. The lowest BCUT2D eigenvalue weighted by molar-refractivity contribution is -0.242. The fourth-order valence-corrected chi connectivity index (χ4v) is 2.89. The maximum atomic E-state index is 12.9. The molecule has 0 aromatic heterocycles. The topological polar surface area (TPSA) is 166 Å². The minimum absolute atomic E-state index is 0.124. The van der Waals surface area contributed by atoms with Crippen LogP contribution in [0.25, 0.3) is 0 Å². The van der Waals surface area contributed by atoms with Gasteiger partial charge in [-0.25, -0.2) is 0 Å². The summed E-state index contributed by atoms with van der Waals surface area (Å²) in [5, 5.41) is 59.1. The Hall–Kier alpha value is -3.05. The maximum absolute atomic E-state index is 12.9. The summed E-state index contributed by atoms with van der Waals surface area (Å²) in [6.07, 6.45) is -5.96. The molecular weight excluding hydrogens is 388 g/mol. The molecule has 2 aromatic rings. The molecule has 2 aromatic carbocycles. The first-order valence-corrected chi connectivity index (χ1v) is 8.52. The van der Waals surface area contributed by atoms with Gasteiger partial charge in [0.25, 0.3) is 0 Å². The van der Waals surface area contributed by atoms with Crippen molar-refractivity contribution in [3.8, 4) is 28.7 Å². The highest BCUT2D eigenvalue weighted by Crippen LogP contribution is 2.37. The second-order valence-electron chi connectivity index (χ2n) is 6.45. The van der Waals surface area contributed by atoms with Crippen molar-refractivity contribution in [1.29, 1.82) is 0 Å². The summed E-state index contributed by atoms with van der Waals surface area (Å²) in [5.41, 5.74) is -0.499. The van der Waals surface area contributed by atoms with Gasteiger partial charge in [0.2, 0.25) is 12.1 Å². The zero-order chi connectivity index (χ0) is 21.3. The van der Waals surface area contributed by atoms with Crippen LogP contribution >= 0.6 is 0 Å². The average molecular weight is 408 g/mol. The Labute approximate surface area is 164 Å². The van der Waals surface area contributed by atoms with E-state index in [-0.39, 0.29) is 40.7 Å². The highest BCUT2D eigenvalue weighted by atomic mass is 16.7. The molecule has 10 heteroatoms. The standard InChI is InChI=1S/C19H20O10/c1-27-11-5-12(22)15(16(24)8-2-9(20)4-10(21)3-8)14(6-11)29-19-18(26)17(25)13(23)7-28-19/h2-6,13,17-23,25-26H,7H2,1H3/t13-,17+,18-,19+/m1/s1. The molecule has 29 heavy (non-hydrogen) atoms. The first-order valence-electron chi connectivity index (χ1n) is 8.52. The van der Waals surface area contributed by atoms with Crippen molar-refractivity contribution in [3.05, 3.63) is 41.5 Å². The van der Waals surface area contributed by atoms with Gasteiger partial charge in [-0.05, 0) is 12.1 Å². The number of carbonyl (C=O) groups is 1. The summed E-state index contributed by atoms with van der Waals surface area (Å²) >= 11 is 0. The van der Waals surface area contributed by atoms with Crippen LogP contribution in [0.1, 0.15) is 15.9 Å². The van der Waals surface area contributed by atoms with Gasteiger partial charge in [0.05, 0.1) is 13.7 Å². The third-order valence-electron chi connectivity index (χ3n) is 4.38. The van der Waals surface area contributed by atoms with Crippen molar-refractivity contribution in [2.24, 2.45) is 0 Å². The zero-order valence-corrected chi connectivity index (χ0v) is 15.2. The Morgan fingerprint density at radius 1 is 1.00 bits per heavy atom.